The number of unbranched alkanes of at least 4 members (excludes halogenated alkanes) is 2. The summed E-state index contributed by atoms with van der Waals surface area (Å²) in [5.74, 6) is 1.56. The minimum Gasteiger partial charge on any atom is -0.0654 e. The van der Waals surface area contributed by atoms with E-state index in [2.05, 4.69) is 45.9 Å². The van der Waals surface area contributed by atoms with Crippen molar-refractivity contribution in [2.75, 3.05) is 0 Å². The molecule has 0 N–H and O–H groups in total. The Morgan fingerprint density at radius 2 is 1.24 bits per heavy atom. The standard InChI is InChI=1S/C21H36/c1-6-7-8-9-19-14-20(12-10-17(2)3)16-21(15-19)13-11-18(4)5/h14-18H,6-13H2,1-5H3/i1D. The fraction of sp³-hybridized carbons (Fsp3) is 0.714. The second-order valence-electron chi connectivity index (χ2n) is 7.33. The summed E-state index contributed by atoms with van der Waals surface area (Å²) in [5, 5.41) is 0. The van der Waals surface area contributed by atoms with Crippen molar-refractivity contribution in [1.82, 2.24) is 0 Å². The molecular weight excluding hydrogens is 252 g/mol. The summed E-state index contributed by atoms with van der Waals surface area (Å²) in [6.07, 6.45) is 9.66. The zero-order valence-corrected chi connectivity index (χ0v) is 14.8. The van der Waals surface area contributed by atoms with Gasteiger partial charge in [-0.3, -0.25) is 0 Å². The lowest BCUT2D eigenvalue weighted by molar-refractivity contribution is 0.580. The van der Waals surface area contributed by atoms with Crippen molar-refractivity contribution < 1.29 is 1.37 Å². The van der Waals surface area contributed by atoms with Crippen molar-refractivity contribution in [1.29, 1.82) is 0 Å². The number of hydrogen-bond donors (Lipinski definition) is 0. The minimum atomic E-state index is 0.577. The summed E-state index contributed by atoms with van der Waals surface area (Å²) in [6, 6.07) is 7.31. The van der Waals surface area contributed by atoms with Crippen LogP contribution in [0.1, 0.15) is 84.8 Å². The predicted molar refractivity (Wildman–Crippen MR) is 96.0 cm³/mol. The van der Waals surface area contributed by atoms with Gasteiger partial charge in [0.05, 0.1) is 0 Å². The summed E-state index contributed by atoms with van der Waals surface area (Å²) in [6.45, 7) is 9.82. The first-order valence-electron chi connectivity index (χ1n) is 9.63. The van der Waals surface area contributed by atoms with E-state index in [1.807, 2.05) is 0 Å². The Bertz CT molecular complexity index is 376. The van der Waals surface area contributed by atoms with Crippen molar-refractivity contribution in [2.45, 2.75) is 86.0 Å². The van der Waals surface area contributed by atoms with E-state index in [1.165, 1.54) is 61.6 Å². The quantitative estimate of drug-likeness (QED) is 0.426. The third-order valence-electron chi connectivity index (χ3n) is 4.10. The average molecular weight is 290 g/mol. The molecule has 21 heavy (non-hydrogen) atoms. The zero-order chi connectivity index (χ0) is 16.4. The van der Waals surface area contributed by atoms with Crippen molar-refractivity contribution in [2.24, 2.45) is 11.8 Å². The molecule has 0 aromatic heterocycles. The first-order valence-corrected chi connectivity index (χ1v) is 8.92. The monoisotopic (exact) mass is 289 g/mol. The van der Waals surface area contributed by atoms with Crippen LogP contribution in [0.4, 0.5) is 0 Å². The Kier molecular flexibility index (Phi) is 7.92. The van der Waals surface area contributed by atoms with Crippen LogP contribution >= 0.6 is 0 Å². The van der Waals surface area contributed by atoms with Gasteiger partial charge >= 0.3 is 0 Å². The lowest BCUT2D eigenvalue weighted by Crippen LogP contribution is -1.99. The lowest BCUT2D eigenvalue weighted by atomic mass is 9.94. The first kappa shape index (κ1) is 16.6. The summed E-state index contributed by atoms with van der Waals surface area (Å²) < 4.78 is 7.24. The molecular formula is C21H36. The molecule has 0 nitrogen and oxygen atoms in total. The normalized spacial score (nSPS) is 12.2. The smallest absolute Gasteiger partial charge is 0.0230 e. The van der Waals surface area contributed by atoms with E-state index in [9.17, 15) is 0 Å². The number of aryl methyl sites for hydroxylation is 3. The van der Waals surface area contributed by atoms with Crippen LogP contribution in [0.3, 0.4) is 0 Å². The van der Waals surface area contributed by atoms with E-state index in [0.717, 1.165) is 18.3 Å². The van der Waals surface area contributed by atoms with E-state index in [-0.39, 0.29) is 0 Å². The summed E-state index contributed by atoms with van der Waals surface area (Å²) in [4.78, 5) is 0. The van der Waals surface area contributed by atoms with Gasteiger partial charge in [-0.05, 0) is 67.1 Å². The summed E-state index contributed by atoms with van der Waals surface area (Å²) in [5.41, 5.74) is 4.58. The second-order valence-corrected chi connectivity index (χ2v) is 7.33. The molecule has 120 valence electrons. The van der Waals surface area contributed by atoms with Crippen LogP contribution in [-0.4, -0.2) is 0 Å². The van der Waals surface area contributed by atoms with Crippen molar-refractivity contribution in [3.8, 4) is 0 Å². The van der Waals surface area contributed by atoms with Crippen LogP contribution in [0.5, 0.6) is 0 Å². The lowest BCUT2D eigenvalue weighted by Gasteiger charge is -2.12. The van der Waals surface area contributed by atoms with E-state index in [0.29, 0.717) is 6.90 Å². The van der Waals surface area contributed by atoms with Gasteiger partial charge < -0.3 is 0 Å². The summed E-state index contributed by atoms with van der Waals surface area (Å²) >= 11 is 0. The average Bonchev–Trinajstić information content (AvgIpc) is 2.47. The van der Waals surface area contributed by atoms with Gasteiger partial charge in [0.2, 0.25) is 0 Å². The number of rotatable bonds is 10. The number of benzene rings is 1. The van der Waals surface area contributed by atoms with Crippen molar-refractivity contribution in [3.63, 3.8) is 0 Å². The van der Waals surface area contributed by atoms with Gasteiger partial charge in [-0.1, -0.05) is 65.6 Å². The fourth-order valence-electron chi connectivity index (χ4n) is 2.69. The topological polar surface area (TPSA) is 0 Å². The molecule has 0 saturated heterocycles. The Hall–Kier alpha value is -0.780. The molecule has 0 heterocycles. The van der Waals surface area contributed by atoms with Gasteiger partial charge in [-0.2, -0.15) is 0 Å². The van der Waals surface area contributed by atoms with Crippen LogP contribution in [0.2, 0.25) is 0 Å². The molecule has 0 atom stereocenters. The Labute approximate surface area is 134 Å². The molecule has 0 aliphatic carbocycles. The molecule has 0 saturated carbocycles. The maximum absolute atomic E-state index is 7.24. The van der Waals surface area contributed by atoms with Crippen LogP contribution in [0, 0.1) is 11.8 Å². The molecule has 0 heteroatoms. The van der Waals surface area contributed by atoms with Gasteiger partial charge in [0.25, 0.3) is 0 Å². The fourth-order valence-corrected chi connectivity index (χ4v) is 2.69. The van der Waals surface area contributed by atoms with Crippen LogP contribution in [-0.2, 0) is 19.3 Å². The van der Waals surface area contributed by atoms with Crippen LogP contribution < -0.4 is 0 Å². The minimum absolute atomic E-state index is 0.577. The van der Waals surface area contributed by atoms with Gasteiger partial charge in [-0.15, -0.1) is 0 Å². The van der Waals surface area contributed by atoms with E-state index < -0.39 is 0 Å². The molecule has 0 unspecified atom stereocenters. The van der Waals surface area contributed by atoms with Crippen LogP contribution in [0.25, 0.3) is 0 Å². The third kappa shape index (κ3) is 8.29. The molecule has 0 bridgehead atoms. The molecule has 0 fully saturated rings. The highest BCUT2D eigenvalue weighted by Crippen LogP contribution is 2.19. The predicted octanol–water partition coefficient (Wildman–Crippen LogP) is 6.60. The maximum atomic E-state index is 7.24. The highest BCUT2D eigenvalue weighted by molar-refractivity contribution is 5.30. The van der Waals surface area contributed by atoms with Gasteiger partial charge in [-0.25, -0.2) is 0 Å². The zero-order valence-electron chi connectivity index (χ0n) is 15.8. The first-order chi connectivity index (χ1) is 10.5. The molecule has 1 aromatic carbocycles. The van der Waals surface area contributed by atoms with E-state index >= 15 is 0 Å². The molecule has 1 aromatic rings. The third-order valence-corrected chi connectivity index (χ3v) is 4.10. The van der Waals surface area contributed by atoms with Gasteiger partial charge in [0.15, 0.2) is 0 Å². The highest BCUT2D eigenvalue weighted by atomic mass is 14.1. The molecule has 0 amide bonds. The number of hydrogen-bond acceptors (Lipinski definition) is 0. The Morgan fingerprint density at radius 3 is 1.67 bits per heavy atom. The molecule has 0 spiro atoms. The van der Waals surface area contributed by atoms with Gasteiger partial charge in [0, 0.05) is 1.37 Å². The maximum Gasteiger partial charge on any atom is 0.0230 e. The van der Waals surface area contributed by atoms with Gasteiger partial charge in [0.1, 0.15) is 0 Å². The van der Waals surface area contributed by atoms with E-state index in [1.54, 1.807) is 0 Å². The SMILES string of the molecule is [2H]CCCCCc1cc(CCC(C)C)cc(CCC(C)C)c1. The molecule has 0 aliphatic heterocycles. The highest BCUT2D eigenvalue weighted by Gasteiger charge is 2.04. The van der Waals surface area contributed by atoms with Crippen molar-refractivity contribution >= 4 is 0 Å². The molecule has 0 radical (unpaired) electrons. The second kappa shape index (κ2) is 10.0. The van der Waals surface area contributed by atoms with Crippen LogP contribution in [0.15, 0.2) is 18.2 Å². The molecule has 1 rings (SSSR count). The largest absolute Gasteiger partial charge is 0.0654 e. The Morgan fingerprint density at radius 1 is 0.762 bits per heavy atom. The Balaban J connectivity index is 2.70. The molecule has 0 aliphatic rings. The van der Waals surface area contributed by atoms with Crippen molar-refractivity contribution in [3.05, 3.63) is 34.9 Å². The summed E-state index contributed by atoms with van der Waals surface area (Å²) in [7, 11) is 0. The van der Waals surface area contributed by atoms with E-state index in [4.69, 9.17) is 1.37 Å².